The topological polar surface area (TPSA) is 59.4 Å². The monoisotopic (exact) mass is 590 g/mol. The zero-order valence-electron chi connectivity index (χ0n) is 23.7. The van der Waals surface area contributed by atoms with E-state index in [4.69, 9.17) is 33.0 Å². The summed E-state index contributed by atoms with van der Waals surface area (Å²) in [6, 6.07) is 24.0. The SMILES string of the molecule is Cc1c(CC(=O)NC2CCCC(N(C)C)C2)nn(-c2ccc(Cl)cc2Cl)c1-c1ccc(OCc2ccccc2)cc1. The van der Waals surface area contributed by atoms with Crippen LogP contribution >= 0.6 is 23.2 Å². The number of benzene rings is 3. The lowest BCUT2D eigenvalue weighted by Crippen LogP contribution is -2.44. The van der Waals surface area contributed by atoms with Crippen molar-refractivity contribution in [3.8, 4) is 22.7 Å². The average molecular weight is 592 g/mol. The highest BCUT2D eigenvalue weighted by atomic mass is 35.5. The van der Waals surface area contributed by atoms with Crippen LogP contribution in [-0.2, 0) is 17.8 Å². The number of hydrogen-bond donors (Lipinski definition) is 1. The number of ether oxygens (including phenoxy) is 1. The third kappa shape index (κ3) is 7.13. The van der Waals surface area contributed by atoms with Gasteiger partial charge in [0.1, 0.15) is 12.4 Å². The molecule has 1 saturated carbocycles. The van der Waals surface area contributed by atoms with Gasteiger partial charge in [0.2, 0.25) is 5.91 Å². The molecule has 2 atom stereocenters. The van der Waals surface area contributed by atoms with Crippen molar-refractivity contribution >= 4 is 29.1 Å². The van der Waals surface area contributed by atoms with Gasteiger partial charge in [-0.3, -0.25) is 4.79 Å². The summed E-state index contributed by atoms with van der Waals surface area (Å²) in [5.41, 5.74) is 5.27. The van der Waals surface area contributed by atoms with Crippen molar-refractivity contribution in [3.05, 3.63) is 99.7 Å². The second-order valence-electron chi connectivity index (χ2n) is 11.0. The molecule has 3 aromatic carbocycles. The lowest BCUT2D eigenvalue weighted by atomic mass is 9.90. The predicted molar refractivity (Wildman–Crippen MR) is 166 cm³/mol. The third-order valence-electron chi connectivity index (χ3n) is 7.80. The van der Waals surface area contributed by atoms with Gasteiger partial charge in [-0.15, -0.1) is 0 Å². The normalized spacial score (nSPS) is 17.0. The van der Waals surface area contributed by atoms with E-state index in [1.165, 1.54) is 6.42 Å². The number of amides is 1. The number of carbonyl (C=O) groups excluding carboxylic acids is 1. The Balaban J connectivity index is 1.40. The van der Waals surface area contributed by atoms with E-state index < -0.39 is 0 Å². The average Bonchev–Trinajstić information content (AvgIpc) is 3.27. The molecule has 1 amide bonds. The summed E-state index contributed by atoms with van der Waals surface area (Å²) < 4.78 is 7.82. The summed E-state index contributed by atoms with van der Waals surface area (Å²) in [6.45, 7) is 2.50. The Morgan fingerprint density at radius 2 is 1.80 bits per heavy atom. The second kappa shape index (κ2) is 13.1. The van der Waals surface area contributed by atoms with Crippen LogP contribution in [0.4, 0.5) is 0 Å². The maximum Gasteiger partial charge on any atom is 0.226 e. The molecule has 1 aromatic heterocycles. The van der Waals surface area contributed by atoms with E-state index in [0.29, 0.717) is 34.1 Å². The number of halogens is 2. The highest BCUT2D eigenvalue weighted by Crippen LogP contribution is 2.34. The molecule has 5 rings (SSSR count). The summed E-state index contributed by atoms with van der Waals surface area (Å²) in [4.78, 5) is 15.5. The van der Waals surface area contributed by atoms with Gasteiger partial charge in [0.05, 0.1) is 28.5 Å². The van der Waals surface area contributed by atoms with Crippen molar-refractivity contribution in [1.82, 2.24) is 20.0 Å². The largest absolute Gasteiger partial charge is 0.489 e. The molecule has 0 aliphatic heterocycles. The Bertz CT molecular complexity index is 1490. The highest BCUT2D eigenvalue weighted by molar-refractivity contribution is 6.35. The summed E-state index contributed by atoms with van der Waals surface area (Å²) in [7, 11) is 4.21. The van der Waals surface area contributed by atoms with Gasteiger partial charge in [-0.05, 0) is 100 Å². The third-order valence-corrected chi connectivity index (χ3v) is 8.34. The molecule has 2 unspecified atom stereocenters. The standard InChI is InChI=1S/C33H36Cl2N4O2/c1-22-30(20-32(40)36-26-10-7-11-27(19-26)38(2)3)37-39(31-17-14-25(34)18-29(31)35)33(22)24-12-15-28(16-13-24)41-21-23-8-5-4-6-9-23/h4-6,8-9,12-18,26-27H,7,10-11,19-21H2,1-3H3,(H,36,40). The number of nitrogens with zero attached hydrogens (tertiary/aromatic N) is 3. The quantitative estimate of drug-likeness (QED) is 0.223. The fraction of sp³-hybridized carbons (Fsp3) is 0.333. The molecule has 0 radical (unpaired) electrons. The van der Waals surface area contributed by atoms with E-state index in [1.807, 2.05) is 72.3 Å². The van der Waals surface area contributed by atoms with Crippen molar-refractivity contribution in [2.75, 3.05) is 14.1 Å². The maximum absolute atomic E-state index is 13.2. The zero-order chi connectivity index (χ0) is 28.9. The molecule has 41 heavy (non-hydrogen) atoms. The summed E-state index contributed by atoms with van der Waals surface area (Å²) in [5, 5.41) is 9.21. The Morgan fingerprint density at radius 1 is 1.05 bits per heavy atom. The molecule has 8 heteroatoms. The predicted octanol–water partition coefficient (Wildman–Crippen LogP) is 7.27. The summed E-state index contributed by atoms with van der Waals surface area (Å²) in [5.74, 6) is 0.759. The fourth-order valence-electron chi connectivity index (χ4n) is 5.52. The van der Waals surface area contributed by atoms with Gasteiger partial charge >= 0.3 is 0 Å². The molecule has 0 saturated heterocycles. The van der Waals surface area contributed by atoms with Crippen LogP contribution in [0.15, 0.2) is 72.8 Å². The van der Waals surface area contributed by atoms with E-state index in [1.54, 1.807) is 12.1 Å². The lowest BCUT2D eigenvalue weighted by molar-refractivity contribution is -0.121. The van der Waals surface area contributed by atoms with Gasteiger partial charge in [-0.25, -0.2) is 4.68 Å². The van der Waals surface area contributed by atoms with Crippen LogP contribution in [0.1, 0.15) is 42.5 Å². The van der Waals surface area contributed by atoms with Crippen LogP contribution in [0.25, 0.3) is 16.9 Å². The first-order valence-corrected chi connectivity index (χ1v) is 14.8. The number of rotatable bonds is 9. The van der Waals surface area contributed by atoms with Crippen LogP contribution in [-0.4, -0.2) is 46.8 Å². The smallest absolute Gasteiger partial charge is 0.226 e. The van der Waals surface area contributed by atoms with Crippen molar-refractivity contribution in [2.45, 2.75) is 57.7 Å². The Kier molecular flexibility index (Phi) is 9.33. The van der Waals surface area contributed by atoms with Crippen LogP contribution in [0.3, 0.4) is 0 Å². The molecule has 4 aromatic rings. The first-order chi connectivity index (χ1) is 19.8. The molecular weight excluding hydrogens is 555 g/mol. The molecule has 214 valence electrons. The number of aromatic nitrogens is 2. The minimum Gasteiger partial charge on any atom is -0.489 e. The van der Waals surface area contributed by atoms with Gasteiger partial charge in [0.15, 0.2) is 0 Å². The minimum absolute atomic E-state index is 0.0134. The number of hydrogen-bond acceptors (Lipinski definition) is 4. The van der Waals surface area contributed by atoms with Gasteiger partial charge in [0, 0.05) is 22.7 Å². The van der Waals surface area contributed by atoms with Crippen LogP contribution in [0.2, 0.25) is 10.0 Å². The minimum atomic E-state index is -0.0134. The van der Waals surface area contributed by atoms with Gasteiger partial charge in [-0.2, -0.15) is 5.10 Å². The molecule has 1 fully saturated rings. The summed E-state index contributed by atoms with van der Waals surface area (Å²) in [6.07, 6.45) is 4.46. The van der Waals surface area contributed by atoms with E-state index in [0.717, 1.165) is 47.4 Å². The van der Waals surface area contributed by atoms with E-state index >= 15 is 0 Å². The maximum atomic E-state index is 13.2. The highest BCUT2D eigenvalue weighted by Gasteiger charge is 2.26. The Hall–Kier alpha value is -3.32. The summed E-state index contributed by atoms with van der Waals surface area (Å²) >= 11 is 12.8. The first-order valence-electron chi connectivity index (χ1n) is 14.1. The van der Waals surface area contributed by atoms with Crippen LogP contribution in [0.5, 0.6) is 5.75 Å². The molecule has 0 bridgehead atoms. The number of nitrogens with one attached hydrogen (secondary N) is 1. The molecule has 1 N–H and O–H groups in total. The van der Waals surface area contributed by atoms with Crippen molar-refractivity contribution < 1.29 is 9.53 Å². The lowest BCUT2D eigenvalue weighted by Gasteiger charge is -2.33. The van der Waals surface area contributed by atoms with Gasteiger partial charge in [0.25, 0.3) is 0 Å². The van der Waals surface area contributed by atoms with Crippen LogP contribution in [0, 0.1) is 6.92 Å². The van der Waals surface area contributed by atoms with Crippen molar-refractivity contribution in [1.29, 1.82) is 0 Å². The fourth-order valence-corrected chi connectivity index (χ4v) is 6.01. The zero-order valence-corrected chi connectivity index (χ0v) is 25.3. The van der Waals surface area contributed by atoms with Crippen molar-refractivity contribution in [3.63, 3.8) is 0 Å². The molecule has 1 heterocycles. The molecule has 0 spiro atoms. The Labute approximate surface area is 252 Å². The van der Waals surface area contributed by atoms with Gasteiger partial charge < -0.3 is 15.0 Å². The molecule has 1 aliphatic carbocycles. The van der Waals surface area contributed by atoms with E-state index in [2.05, 4.69) is 24.3 Å². The Morgan fingerprint density at radius 3 is 2.51 bits per heavy atom. The molecule has 6 nitrogen and oxygen atoms in total. The van der Waals surface area contributed by atoms with E-state index in [-0.39, 0.29) is 18.4 Å². The van der Waals surface area contributed by atoms with E-state index in [9.17, 15) is 4.79 Å². The first kappa shape index (κ1) is 29.2. The second-order valence-corrected chi connectivity index (χ2v) is 11.8. The van der Waals surface area contributed by atoms with Crippen molar-refractivity contribution in [2.24, 2.45) is 0 Å². The molecular formula is C33H36Cl2N4O2. The van der Waals surface area contributed by atoms with Crippen LogP contribution < -0.4 is 10.1 Å². The molecule has 1 aliphatic rings. The van der Waals surface area contributed by atoms with Gasteiger partial charge in [-0.1, -0.05) is 53.5 Å². The number of carbonyl (C=O) groups is 1.